The zero-order valence-corrected chi connectivity index (χ0v) is 16.6. The van der Waals surface area contributed by atoms with Crippen molar-refractivity contribution in [1.29, 1.82) is 0 Å². The molecule has 0 unspecified atom stereocenters. The molecule has 0 spiro atoms. The number of piperazine rings is 1. The molecule has 1 saturated carbocycles. The number of sulfonamides is 1. The van der Waals surface area contributed by atoms with Crippen molar-refractivity contribution in [3.63, 3.8) is 0 Å². The van der Waals surface area contributed by atoms with Crippen molar-refractivity contribution in [1.82, 2.24) is 14.5 Å². The number of nitrogens with one attached hydrogen (secondary N) is 1. The molecule has 2 aliphatic rings. The Morgan fingerprint density at radius 1 is 1.00 bits per heavy atom. The zero-order chi connectivity index (χ0) is 19.2. The summed E-state index contributed by atoms with van der Waals surface area (Å²) in [4.78, 5) is 27.9. The minimum absolute atomic E-state index is 0.0168. The number of carbonyl (C=O) groups is 2. The molecule has 8 nitrogen and oxygen atoms in total. The van der Waals surface area contributed by atoms with Crippen LogP contribution in [0.3, 0.4) is 0 Å². The third kappa shape index (κ3) is 5.84. The molecule has 0 aromatic carbocycles. The molecule has 1 saturated heterocycles. The van der Waals surface area contributed by atoms with Gasteiger partial charge in [0.15, 0.2) is 0 Å². The molecule has 1 aliphatic heterocycles. The first-order chi connectivity index (χ1) is 12.4. The summed E-state index contributed by atoms with van der Waals surface area (Å²) in [5.74, 6) is 0.587. The molecule has 9 heteroatoms. The van der Waals surface area contributed by atoms with E-state index >= 15 is 0 Å². The summed E-state index contributed by atoms with van der Waals surface area (Å²) in [6.45, 7) is 6.35. The summed E-state index contributed by atoms with van der Waals surface area (Å²) >= 11 is 0. The van der Waals surface area contributed by atoms with Crippen molar-refractivity contribution in [2.24, 2.45) is 11.8 Å². The van der Waals surface area contributed by atoms with Gasteiger partial charge in [0.25, 0.3) is 0 Å². The minimum atomic E-state index is -3.15. The first-order valence-electron chi connectivity index (χ1n) is 9.54. The van der Waals surface area contributed by atoms with Crippen LogP contribution in [0.1, 0.15) is 39.5 Å². The van der Waals surface area contributed by atoms with Crippen LogP contribution in [0.5, 0.6) is 0 Å². The lowest BCUT2D eigenvalue weighted by molar-refractivity contribution is -0.138. The highest BCUT2D eigenvalue weighted by Gasteiger charge is 2.32. The molecule has 0 aromatic rings. The first kappa shape index (κ1) is 21.0. The van der Waals surface area contributed by atoms with Gasteiger partial charge < -0.3 is 14.5 Å². The van der Waals surface area contributed by atoms with Gasteiger partial charge in [-0.3, -0.25) is 4.79 Å². The van der Waals surface area contributed by atoms with Crippen molar-refractivity contribution >= 4 is 22.0 Å². The monoisotopic (exact) mass is 389 g/mol. The quantitative estimate of drug-likeness (QED) is 0.732. The number of amides is 2. The standard InChI is InChI=1S/C17H31N3O5S/c1-3-25-17(22)20-11-9-19(10-12-20)16(21)15-7-5-14(6-8-15)13-18-26(23,24)4-2/h14-15,18H,3-13H2,1-2H3. The van der Waals surface area contributed by atoms with Crippen LogP contribution >= 0.6 is 0 Å². The van der Waals surface area contributed by atoms with Crippen LogP contribution in [0.2, 0.25) is 0 Å². The molecular formula is C17H31N3O5S. The average molecular weight is 390 g/mol. The Bertz CT molecular complexity index is 579. The summed E-state index contributed by atoms with van der Waals surface area (Å²) in [5.41, 5.74) is 0. The van der Waals surface area contributed by atoms with Crippen LogP contribution in [0.25, 0.3) is 0 Å². The number of ether oxygens (including phenoxy) is 1. The lowest BCUT2D eigenvalue weighted by Crippen LogP contribution is -2.52. The molecule has 0 aromatic heterocycles. The third-order valence-corrected chi connectivity index (χ3v) is 6.65. The Hall–Kier alpha value is -1.35. The Kier molecular flexibility index (Phi) is 7.69. The average Bonchev–Trinajstić information content (AvgIpc) is 2.66. The van der Waals surface area contributed by atoms with Crippen LogP contribution in [0, 0.1) is 11.8 Å². The summed E-state index contributed by atoms with van der Waals surface area (Å²) in [6.07, 6.45) is 3.02. The molecule has 1 aliphatic carbocycles. The summed E-state index contributed by atoms with van der Waals surface area (Å²) in [5, 5.41) is 0. The van der Waals surface area contributed by atoms with Crippen LogP contribution in [0.15, 0.2) is 0 Å². The van der Waals surface area contributed by atoms with Gasteiger partial charge in [-0.15, -0.1) is 0 Å². The van der Waals surface area contributed by atoms with Gasteiger partial charge >= 0.3 is 6.09 Å². The van der Waals surface area contributed by atoms with Gasteiger partial charge in [-0.1, -0.05) is 0 Å². The molecule has 0 radical (unpaired) electrons. The molecule has 2 fully saturated rings. The lowest BCUT2D eigenvalue weighted by Gasteiger charge is -2.37. The second-order valence-electron chi connectivity index (χ2n) is 6.98. The van der Waals surface area contributed by atoms with E-state index in [1.165, 1.54) is 0 Å². The maximum atomic E-state index is 12.7. The highest BCUT2D eigenvalue weighted by Crippen LogP contribution is 2.30. The van der Waals surface area contributed by atoms with Crippen LogP contribution in [-0.4, -0.2) is 75.3 Å². The SMILES string of the molecule is CCOC(=O)N1CCN(C(=O)C2CCC(CNS(=O)(=O)CC)CC2)CC1. The van der Waals surface area contributed by atoms with E-state index in [9.17, 15) is 18.0 Å². The largest absolute Gasteiger partial charge is 0.450 e. The Morgan fingerprint density at radius 2 is 1.58 bits per heavy atom. The number of hydrogen-bond acceptors (Lipinski definition) is 5. The highest BCUT2D eigenvalue weighted by molar-refractivity contribution is 7.89. The molecule has 0 bridgehead atoms. The minimum Gasteiger partial charge on any atom is -0.450 e. The van der Waals surface area contributed by atoms with Crippen LogP contribution in [-0.2, 0) is 19.6 Å². The normalized spacial score (nSPS) is 24.4. The maximum Gasteiger partial charge on any atom is 0.409 e. The summed E-state index contributed by atoms with van der Waals surface area (Å²) in [6, 6.07) is 0. The highest BCUT2D eigenvalue weighted by atomic mass is 32.2. The molecule has 150 valence electrons. The van der Waals surface area contributed by atoms with Gasteiger partial charge in [0.05, 0.1) is 12.4 Å². The topological polar surface area (TPSA) is 96.0 Å². The van der Waals surface area contributed by atoms with Crippen molar-refractivity contribution in [3.8, 4) is 0 Å². The predicted octanol–water partition coefficient (Wildman–Crippen LogP) is 1.03. The number of carbonyl (C=O) groups excluding carboxylic acids is 2. The molecule has 1 heterocycles. The molecular weight excluding hydrogens is 358 g/mol. The van der Waals surface area contributed by atoms with Gasteiger partial charge in [0.1, 0.15) is 0 Å². The van der Waals surface area contributed by atoms with E-state index in [4.69, 9.17) is 4.74 Å². The summed E-state index contributed by atoms with van der Waals surface area (Å²) < 4.78 is 30.7. The van der Waals surface area contributed by atoms with Gasteiger partial charge in [-0.25, -0.2) is 17.9 Å². The van der Waals surface area contributed by atoms with E-state index in [-0.39, 0.29) is 23.7 Å². The fraction of sp³-hybridized carbons (Fsp3) is 0.882. The first-order valence-corrected chi connectivity index (χ1v) is 11.2. The summed E-state index contributed by atoms with van der Waals surface area (Å²) in [7, 11) is -3.15. The predicted molar refractivity (Wildman–Crippen MR) is 98.1 cm³/mol. The number of rotatable bonds is 6. The molecule has 1 N–H and O–H groups in total. The van der Waals surface area contributed by atoms with E-state index in [2.05, 4.69) is 4.72 Å². The maximum absolute atomic E-state index is 12.7. The van der Waals surface area contributed by atoms with Crippen molar-refractivity contribution in [2.45, 2.75) is 39.5 Å². The molecule has 2 rings (SSSR count). The van der Waals surface area contributed by atoms with E-state index in [1.54, 1.807) is 18.7 Å². The van der Waals surface area contributed by atoms with Crippen molar-refractivity contribution < 1.29 is 22.7 Å². The number of hydrogen-bond donors (Lipinski definition) is 1. The van der Waals surface area contributed by atoms with Crippen molar-refractivity contribution in [2.75, 3.05) is 45.1 Å². The molecule has 2 amide bonds. The van der Waals surface area contributed by atoms with Crippen LogP contribution < -0.4 is 4.72 Å². The molecule has 26 heavy (non-hydrogen) atoms. The number of nitrogens with zero attached hydrogens (tertiary/aromatic N) is 2. The van der Waals surface area contributed by atoms with Gasteiger partial charge in [0.2, 0.25) is 15.9 Å². The van der Waals surface area contributed by atoms with Gasteiger partial charge in [-0.05, 0) is 45.4 Å². The lowest BCUT2D eigenvalue weighted by atomic mass is 9.81. The van der Waals surface area contributed by atoms with Gasteiger partial charge in [-0.2, -0.15) is 0 Å². The van der Waals surface area contributed by atoms with E-state index < -0.39 is 10.0 Å². The fourth-order valence-electron chi connectivity index (χ4n) is 3.54. The van der Waals surface area contributed by atoms with Crippen molar-refractivity contribution in [3.05, 3.63) is 0 Å². The van der Waals surface area contributed by atoms with E-state index in [1.807, 2.05) is 4.90 Å². The Labute approximate surface area is 156 Å². The Morgan fingerprint density at radius 3 is 2.12 bits per heavy atom. The fourth-order valence-corrected chi connectivity index (χ4v) is 4.24. The third-order valence-electron chi connectivity index (χ3n) is 5.29. The second-order valence-corrected chi connectivity index (χ2v) is 9.08. The van der Waals surface area contributed by atoms with E-state index in [0.29, 0.717) is 45.2 Å². The van der Waals surface area contributed by atoms with E-state index in [0.717, 1.165) is 25.7 Å². The second kappa shape index (κ2) is 9.55. The van der Waals surface area contributed by atoms with Crippen LogP contribution in [0.4, 0.5) is 4.79 Å². The smallest absolute Gasteiger partial charge is 0.409 e. The molecule has 0 atom stereocenters. The van der Waals surface area contributed by atoms with Gasteiger partial charge in [0, 0.05) is 38.6 Å². The zero-order valence-electron chi connectivity index (χ0n) is 15.8. The Balaban J connectivity index is 1.73.